The molecule has 0 spiro atoms. The van der Waals surface area contributed by atoms with Gasteiger partial charge in [0.15, 0.2) is 0 Å². The van der Waals surface area contributed by atoms with Crippen molar-refractivity contribution < 1.29 is 14.4 Å². The van der Waals surface area contributed by atoms with Crippen LogP contribution in [-0.4, -0.2) is 22.7 Å². The van der Waals surface area contributed by atoms with Gasteiger partial charge in [-0.15, -0.1) is 0 Å². The first kappa shape index (κ1) is 15.0. The number of imide groups is 1. The quantitative estimate of drug-likeness (QED) is 0.881. The van der Waals surface area contributed by atoms with Gasteiger partial charge in [0.2, 0.25) is 5.91 Å². The fourth-order valence-electron chi connectivity index (χ4n) is 2.61. The Kier molecular flexibility index (Phi) is 3.93. The molecule has 0 saturated carbocycles. The largest absolute Gasteiger partial charge is 0.280 e. The number of benzene rings is 2. The molecule has 0 fully saturated rings. The van der Waals surface area contributed by atoms with Gasteiger partial charge in [-0.2, -0.15) is 5.01 Å². The smallest absolute Gasteiger partial charge is 0.273 e. The van der Waals surface area contributed by atoms with Gasteiger partial charge in [0.05, 0.1) is 11.1 Å². The topological polar surface area (TPSA) is 66.5 Å². The van der Waals surface area contributed by atoms with Crippen molar-refractivity contribution >= 4 is 17.7 Å². The van der Waals surface area contributed by atoms with Crippen molar-refractivity contribution in [3.63, 3.8) is 0 Å². The minimum atomic E-state index is -0.491. The van der Waals surface area contributed by atoms with Crippen LogP contribution in [0, 0.1) is 6.92 Å². The van der Waals surface area contributed by atoms with Crippen LogP contribution >= 0.6 is 0 Å². The van der Waals surface area contributed by atoms with Gasteiger partial charge < -0.3 is 0 Å². The Balaban J connectivity index is 1.64. The normalized spacial score (nSPS) is 13.2. The van der Waals surface area contributed by atoms with Gasteiger partial charge >= 0.3 is 0 Å². The Hall–Kier alpha value is -2.95. The maximum atomic E-state index is 12.2. The lowest BCUT2D eigenvalue weighted by atomic mass is 10.0. The van der Waals surface area contributed by atoms with E-state index in [4.69, 9.17) is 0 Å². The molecule has 0 saturated heterocycles. The standard InChI is InChI=1S/C18H16N2O3/c1-12-6-2-3-7-13(12)10-11-16(21)19-20-17(22)14-8-4-5-9-15(14)18(20)23/h2-9H,10-11H2,1H3,(H,19,21). The number of hydrogen-bond donors (Lipinski definition) is 1. The molecular formula is C18H16N2O3. The number of hydrazine groups is 1. The lowest BCUT2D eigenvalue weighted by Crippen LogP contribution is -2.45. The zero-order chi connectivity index (χ0) is 16.4. The molecule has 1 N–H and O–H groups in total. The van der Waals surface area contributed by atoms with Crippen molar-refractivity contribution in [1.82, 2.24) is 10.4 Å². The predicted octanol–water partition coefficient (Wildman–Crippen LogP) is 2.26. The number of amides is 3. The summed E-state index contributed by atoms with van der Waals surface area (Å²) >= 11 is 0. The molecule has 5 heteroatoms. The average molecular weight is 308 g/mol. The van der Waals surface area contributed by atoms with E-state index in [-0.39, 0.29) is 12.3 Å². The monoisotopic (exact) mass is 308 g/mol. The molecule has 0 bridgehead atoms. The van der Waals surface area contributed by atoms with E-state index >= 15 is 0 Å². The van der Waals surface area contributed by atoms with E-state index in [0.29, 0.717) is 17.5 Å². The van der Waals surface area contributed by atoms with Crippen molar-refractivity contribution in [1.29, 1.82) is 0 Å². The van der Waals surface area contributed by atoms with Crippen molar-refractivity contribution in [2.75, 3.05) is 0 Å². The Morgan fingerprint density at radius 1 is 0.957 bits per heavy atom. The van der Waals surface area contributed by atoms with Crippen molar-refractivity contribution in [2.24, 2.45) is 0 Å². The van der Waals surface area contributed by atoms with E-state index in [1.807, 2.05) is 31.2 Å². The Labute approximate surface area is 133 Å². The molecule has 2 aromatic rings. The van der Waals surface area contributed by atoms with Crippen LogP contribution in [0.1, 0.15) is 38.3 Å². The zero-order valence-electron chi connectivity index (χ0n) is 12.7. The minimum Gasteiger partial charge on any atom is -0.273 e. The molecule has 2 aromatic carbocycles. The van der Waals surface area contributed by atoms with E-state index in [1.165, 1.54) is 0 Å². The Morgan fingerprint density at radius 3 is 2.13 bits per heavy atom. The SMILES string of the molecule is Cc1ccccc1CCC(=O)NN1C(=O)c2ccccc2C1=O. The molecule has 116 valence electrons. The summed E-state index contributed by atoms with van der Waals surface area (Å²) in [6.45, 7) is 1.98. The molecule has 23 heavy (non-hydrogen) atoms. The minimum absolute atomic E-state index is 0.207. The lowest BCUT2D eigenvalue weighted by molar-refractivity contribution is -0.124. The summed E-state index contributed by atoms with van der Waals surface area (Å²) in [5.74, 6) is -1.34. The van der Waals surface area contributed by atoms with E-state index < -0.39 is 11.8 Å². The second-order valence-corrected chi connectivity index (χ2v) is 5.45. The number of rotatable bonds is 4. The highest BCUT2D eigenvalue weighted by Gasteiger charge is 2.36. The molecule has 0 aromatic heterocycles. The summed E-state index contributed by atoms with van der Waals surface area (Å²) in [5.41, 5.74) is 5.23. The number of carbonyl (C=O) groups excluding carboxylic acids is 3. The summed E-state index contributed by atoms with van der Waals surface area (Å²) < 4.78 is 0. The number of aryl methyl sites for hydroxylation is 2. The summed E-state index contributed by atoms with van der Waals surface area (Å²) in [6.07, 6.45) is 0.764. The highest BCUT2D eigenvalue weighted by molar-refractivity contribution is 6.21. The number of nitrogens with zero attached hydrogens (tertiary/aromatic N) is 1. The summed E-state index contributed by atoms with van der Waals surface area (Å²) in [5, 5.41) is 0.796. The van der Waals surface area contributed by atoms with Gasteiger partial charge in [0.1, 0.15) is 0 Å². The van der Waals surface area contributed by atoms with Crippen molar-refractivity contribution in [3.8, 4) is 0 Å². The summed E-state index contributed by atoms with van der Waals surface area (Å²) in [7, 11) is 0. The van der Waals surface area contributed by atoms with Crippen LogP contribution in [0.2, 0.25) is 0 Å². The van der Waals surface area contributed by atoms with Gasteiger partial charge in [-0.05, 0) is 36.6 Å². The molecule has 1 heterocycles. The Morgan fingerprint density at radius 2 is 1.52 bits per heavy atom. The highest BCUT2D eigenvalue weighted by Crippen LogP contribution is 2.20. The molecular weight excluding hydrogens is 292 g/mol. The summed E-state index contributed by atoms with van der Waals surface area (Å²) in [6, 6.07) is 14.3. The van der Waals surface area contributed by atoms with Gasteiger partial charge in [0.25, 0.3) is 11.8 Å². The molecule has 3 rings (SSSR count). The zero-order valence-corrected chi connectivity index (χ0v) is 12.7. The maximum Gasteiger partial charge on any atom is 0.280 e. The van der Waals surface area contributed by atoms with E-state index in [9.17, 15) is 14.4 Å². The van der Waals surface area contributed by atoms with Crippen LogP contribution in [-0.2, 0) is 11.2 Å². The van der Waals surface area contributed by atoms with Crippen LogP contribution < -0.4 is 5.43 Å². The first-order valence-electron chi connectivity index (χ1n) is 7.40. The van der Waals surface area contributed by atoms with E-state index in [1.54, 1.807) is 24.3 Å². The van der Waals surface area contributed by atoms with Crippen LogP contribution in [0.5, 0.6) is 0 Å². The van der Waals surface area contributed by atoms with Crippen molar-refractivity contribution in [2.45, 2.75) is 19.8 Å². The van der Waals surface area contributed by atoms with Gasteiger partial charge in [0, 0.05) is 6.42 Å². The van der Waals surface area contributed by atoms with Crippen LogP contribution in [0.15, 0.2) is 48.5 Å². The van der Waals surface area contributed by atoms with Crippen LogP contribution in [0.4, 0.5) is 0 Å². The molecule has 1 aliphatic rings. The first-order chi connectivity index (χ1) is 11.1. The predicted molar refractivity (Wildman–Crippen MR) is 84.6 cm³/mol. The number of fused-ring (bicyclic) bond motifs is 1. The fourth-order valence-corrected chi connectivity index (χ4v) is 2.61. The maximum absolute atomic E-state index is 12.2. The van der Waals surface area contributed by atoms with Gasteiger partial charge in [-0.25, -0.2) is 0 Å². The van der Waals surface area contributed by atoms with Gasteiger partial charge in [-0.1, -0.05) is 36.4 Å². The number of hydrogen-bond acceptors (Lipinski definition) is 3. The molecule has 0 unspecified atom stereocenters. The Bertz CT molecular complexity index is 763. The second-order valence-electron chi connectivity index (χ2n) is 5.45. The molecule has 0 radical (unpaired) electrons. The lowest BCUT2D eigenvalue weighted by Gasteiger charge is -2.15. The van der Waals surface area contributed by atoms with Gasteiger partial charge in [-0.3, -0.25) is 19.8 Å². The molecule has 3 amide bonds. The number of carbonyl (C=O) groups is 3. The third-order valence-corrected chi connectivity index (χ3v) is 3.91. The third kappa shape index (κ3) is 2.85. The third-order valence-electron chi connectivity index (χ3n) is 3.91. The first-order valence-corrected chi connectivity index (χ1v) is 7.40. The second kappa shape index (κ2) is 6.04. The molecule has 0 atom stereocenters. The number of nitrogens with one attached hydrogen (secondary N) is 1. The molecule has 5 nitrogen and oxygen atoms in total. The highest BCUT2D eigenvalue weighted by atomic mass is 16.2. The van der Waals surface area contributed by atoms with E-state index in [0.717, 1.165) is 16.1 Å². The van der Waals surface area contributed by atoms with Crippen molar-refractivity contribution in [3.05, 3.63) is 70.8 Å². The van der Waals surface area contributed by atoms with Crippen LogP contribution in [0.3, 0.4) is 0 Å². The van der Waals surface area contributed by atoms with Crippen LogP contribution in [0.25, 0.3) is 0 Å². The van der Waals surface area contributed by atoms with E-state index in [2.05, 4.69) is 5.43 Å². The molecule has 0 aliphatic carbocycles. The molecule has 1 aliphatic heterocycles. The average Bonchev–Trinajstić information content (AvgIpc) is 2.80. The fraction of sp³-hybridized carbons (Fsp3) is 0.167. The summed E-state index contributed by atoms with van der Waals surface area (Å²) in [4.78, 5) is 36.4.